The molecule has 8 heteroatoms. The van der Waals surface area contributed by atoms with Crippen molar-refractivity contribution in [2.24, 2.45) is 0 Å². The van der Waals surface area contributed by atoms with E-state index in [2.05, 4.69) is 17.6 Å². The number of carbonyl (C=O) groups excluding carboxylic acids is 1. The molecule has 6 nitrogen and oxygen atoms in total. The lowest BCUT2D eigenvalue weighted by atomic mass is 10.1. The molecule has 3 aromatic carbocycles. The van der Waals surface area contributed by atoms with Crippen molar-refractivity contribution < 1.29 is 18.7 Å². The maximum Gasteiger partial charge on any atom is 0.264 e. The van der Waals surface area contributed by atoms with Gasteiger partial charge in [-0.2, -0.15) is 5.26 Å². The minimum absolute atomic E-state index is 0.0493. The lowest BCUT2D eigenvalue weighted by molar-refractivity contribution is -0.117. The van der Waals surface area contributed by atoms with E-state index < -0.39 is 5.91 Å². The number of nitrogens with one attached hydrogen (secondary N) is 2. The van der Waals surface area contributed by atoms with E-state index in [9.17, 15) is 14.4 Å². The van der Waals surface area contributed by atoms with Gasteiger partial charge in [-0.3, -0.25) is 4.79 Å². The number of nitriles is 1. The fraction of sp³-hybridized carbons (Fsp3) is 0.185. The second-order valence-corrected chi connectivity index (χ2v) is 8.77. The van der Waals surface area contributed by atoms with E-state index in [1.54, 1.807) is 24.3 Å². The number of hydrogen-bond donors (Lipinski definition) is 2. The highest BCUT2D eigenvalue weighted by Crippen LogP contribution is 2.32. The summed E-state index contributed by atoms with van der Waals surface area (Å²) in [5, 5.41) is 16.3. The minimum Gasteiger partial charge on any atom is -0.454 e. The van der Waals surface area contributed by atoms with Crippen LogP contribution in [0.15, 0.2) is 77.3 Å². The number of hydrogen-bond acceptors (Lipinski definition) is 6. The molecular weight excluding hydrogens is 465 g/mol. The van der Waals surface area contributed by atoms with Crippen LogP contribution in [0, 0.1) is 17.1 Å². The van der Waals surface area contributed by atoms with Crippen LogP contribution in [0.1, 0.15) is 23.6 Å². The molecule has 1 aliphatic heterocycles. The molecule has 1 aliphatic rings. The van der Waals surface area contributed by atoms with Crippen LogP contribution < -0.4 is 20.1 Å². The summed E-state index contributed by atoms with van der Waals surface area (Å²) in [5.74, 6) is 0.819. The fourth-order valence-electron chi connectivity index (χ4n) is 3.43. The Balaban J connectivity index is 1.53. The average Bonchev–Trinajstić information content (AvgIpc) is 3.35. The smallest absolute Gasteiger partial charge is 0.264 e. The highest BCUT2D eigenvalue weighted by Gasteiger charge is 2.18. The van der Waals surface area contributed by atoms with Gasteiger partial charge in [0, 0.05) is 18.0 Å². The number of ether oxygens (including phenoxy) is 2. The number of anilines is 1. The molecule has 3 aromatic rings. The number of nitrogens with zero attached hydrogens (tertiary/aromatic N) is 1. The number of rotatable bonds is 9. The Hall–Kier alpha value is -3.96. The monoisotopic (exact) mass is 489 g/mol. The fourth-order valence-corrected chi connectivity index (χ4v) is 4.40. The standard InChI is InChI=1S/C27H24FN3O3S/c1-2-18-6-9-22(10-7-18)31-27(35-16-20-4-3-5-21(28)12-20)23(14-29)26(32)30-15-19-8-11-24-25(13-19)34-17-33-24/h3-13,31H,2,15-17H2,1H3,(H,30,32). The van der Waals surface area contributed by atoms with Gasteiger partial charge in [-0.05, 0) is 59.5 Å². The molecule has 0 saturated carbocycles. The van der Waals surface area contributed by atoms with Crippen molar-refractivity contribution in [2.75, 3.05) is 12.1 Å². The molecule has 0 spiro atoms. The third-order valence-electron chi connectivity index (χ3n) is 5.35. The number of carbonyl (C=O) groups is 1. The molecule has 0 unspecified atom stereocenters. The number of aryl methyl sites for hydroxylation is 1. The van der Waals surface area contributed by atoms with E-state index in [4.69, 9.17) is 9.47 Å². The van der Waals surface area contributed by atoms with E-state index >= 15 is 0 Å². The van der Waals surface area contributed by atoms with Gasteiger partial charge in [0.2, 0.25) is 6.79 Å². The average molecular weight is 490 g/mol. The van der Waals surface area contributed by atoms with Crippen molar-refractivity contribution in [3.8, 4) is 17.6 Å². The number of thioether (sulfide) groups is 1. The first-order chi connectivity index (χ1) is 17.1. The Morgan fingerprint density at radius 3 is 2.54 bits per heavy atom. The molecule has 2 N–H and O–H groups in total. The number of benzene rings is 3. The van der Waals surface area contributed by atoms with Crippen molar-refractivity contribution in [2.45, 2.75) is 25.6 Å². The summed E-state index contributed by atoms with van der Waals surface area (Å²) in [6.45, 7) is 2.46. The molecule has 0 fully saturated rings. The molecule has 4 rings (SSSR count). The van der Waals surface area contributed by atoms with Crippen molar-refractivity contribution in [1.29, 1.82) is 5.26 Å². The number of amides is 1. The number of fused-ring (bicyclic) bond motifs is 1. The molecule has 0 aromatic heterocycles. The minimum atomic E-state index is -0.510. The van der Waals surface area contributed by atoms with Gasteiger partial charge in [-0.15, -0.1) is 11.8 Å². The van der Waals surface area contributed by atoms with Gasteiger partial charge in [-0.1, -0.05) is 37.3 Å². The summed E-state index contributed by atoms with van der Waals surface area (Å²) in [4.78, 5) is 13.0. The van der Waals surface area contributed by atoms with Crippen LogP contribution in [0.2, 0.25) is 0 Å². The van der Waals surface area contributed by atoms with Crippen molar-refractivity contribution in [3.63, 3.8) is 0 Å². The summed E-state index contributed by atoms with van der Waals surface area (Å²) in [5.41, 5.74) is 3.44. The highest BCUT2D eigenvalue weighted by molar-refractivity contribution is 8.02. The molecule has 1 amide bonds. The largest absolute Gasteiger partial charge is 0.454 e. The van der Waals surface area contributed by atoms with E-state index in [0.29, 0.717) is 22.3 Å². The van der Waals surface area contributed by atoms with Gasteiger partial charge in [0.1, 0.15) is 17.5 Å². The summed E-state index contributed by atoms with van der Waals surface area (Å²) < 4.78 is 24.3. The van der Waals surface area contributed by atoms with Crippen LogP contribution >= 0.6 is 11.8 Å². The Kier molecular flexibility index (Phi) is 7.91. The van der Waals surface area contributed by atoms with Crippen molar-refractivity contribution in [1.82, 2.24) is 5.32 Å². The quantitative estimate of drug-likeness (QED) is 0.304. The van der Waals surface area contributed by atoms with E-state index in [-0.39, 0.29) is 24.7 Å². The van der Waals surface area contributed by atoms with Gasteiger partial charge in [0.25, 0.3) is 5.91 Å². The first-order valence-corrected chi connectivity index (χ1v) is 12.1. The predicted octanol–water partition coefficient (Wildman–Crippen LogP) is 5.51. The zero-order chi connectivity index (χ0) is 24.6. The lowest BCUT2D eigenvalue weighted by Gasteiger charge is -2.14. The summed E-state index contributed by atoms with van der Waals surface area (Å²) in [7, 11) is 0. The molecule has 0 saturated heterocycles. The Labute approximate surface area is 207 Å². The van der Waals surface area contributed by atoms with Gasteiger partial charge < -0.3 is 20.1 Å². The van der Waals surface area contributed by atoms with Gasteiger partial charge >= 0.3 is 0 Å². The van der Waals surface area contributed by atoms with E-state index in [1.165, 1.54) is 29.5 Å². The number of halogens is 1. The zero-order valence-electron chi connectivity index (χ0n) is 19.1. The molecule has 0 aliphatic carbocycles. The van der Waals surface area contributed by atoms with Crippen LogP contribution in [0.4, 0.5) is 10.1 Å². The van der Waals surface area contributed by atoms with E-state index in [1.807, 2.05) is 36.4 Å². The van der Waals surface area contributed by atoms with Crippen LogP contribution in [-0.4, -0.2) is 12.7 Å². The zero-order valence-corrected chi connectivity index (χ0v) is 20.0. The van der Waals surface area contributed by atoms with Crippen LogP contribution in [0.5, 0.6) is 11.5 Å². The van der Waals surface area contributed by atoms with E-state index in [0.717, 1.165) is 23.2 Å². The molecule has 0 atom stereocenters. The predicted molar refractivity (Wildman–Crippen MR) is 134 cm³/mol. The van der Waals surface area contributed by atoms with Crippen LogP contribution in [0.3, 0.4) is 0 Å². The third-order valence-corrected chi connectivity index (χ3v) is 6.42. The molecule has 178 valence electrons. The Morgan fingerprint density at radius 1 is 1.03 bits per heavy atom. The SMILES string of the molecule is CCc1ccc(NC(SCc2cccc(F)c2)=C(C#N)C(=O)NCc2ccc3c(c2)OCO3)cc1. The second-order valence-electron chi connectivity index (χ2n) is 7.78. The van der Waals surface area contributed by atoms with Gasteiger partial charge in [0.15, 0.2) is 11.5 Å². The lowest BCUT2D eigenvalue weighted by Crippen LogP contribution is -2.25. The highest BCUT2D eigenvalue weighted by atomic mass is 32.2. The molecule has 1 heterocycles. The molecule has 0 radical (unpaired) electrons. The summed E-state index contributed by atoms with van der Waals surface area (Å²) >= 11 is 1.27. The summed E-state index contributed by atoms with van der Waals surface area (Å²) in [6.07, 6.45) is 0.906. The first-order valence-electron chi connectivity index (χ1n) is 11.1. The molecular formula is C27H24FN3O3S. The topological polar surface area (TPSA) is 83.4 Å². The second kappa shape index (κ2) is 11.4. The van der Waals surface area contributed by atoms with Gasteiger partial charge in [0.05, 0.1) is 5.03 Å². The van der Waals surface area contributed by atoms with Crippen LogP contribution in [0.25, 0.3) is 0 Å². The Bertz CT molecular complexity index is 1290. The van der Waals surface area contributed by atoms with Gasteiger partial charge in [-0.25, -0.2) is 4.39 Å². The van der Waals surface area contributed by atoms with Crippen molar-refractivity contribution in [3.05, 3.63) is 99.8 Å². The maximum atomic E-state index is 13.6. The molecule has 35 heavy (non-hydrogen) atoms. The first kappa shape index (κ1) is 24.2. The summed E-state index contributed by atoms with van der Waals surface area (Å²) in [6, 6.07) is 21.5. The third kappa shape index (κ3) is 6.34. The van der Waals surface area contributed by atoms with Crippen LogP contribution in [-0.2, 0) is 23.5 Å². The maximum absolute atomic E-state index is 13.6. The Morgan fingerprint density at radius 2 is 1.80 bits per heavy atom. The molecule has 0 bridgehead atoms. The van der Waals surface area contributed by atoms with Crippen molar-refractivity contribution >= 4 is 23.4 Å². The normalized spacial score (nSPS) is 12.5.